The minimum absolute atomic E-state index is 0.0453. The number of thiazole rings is 1. The first kappa shape index (κ1) is 14.9. The Morgan fingerprint density at radius 1 is 1.55 bits per heavy atom. The number of non-ortho nitro benzene ring substituents is 1. The van der Waals surface area contributed by atoms with E-state index in [9.17, 15) is 10.1 Å². The largest absolute Gasteiger partial charge is 0.304 e. The van der Waals surface area contributed by atoms with E-state index in [1.54, 1.807) is 17.4 Å². The van der Waals surface area contributed by atoms with Crippen molar-refractivity contribution in [3.8, 4) is 0 Å². The van der Waals surface area contributed by atoms with Gasteiger partial charge >= 0.3 is 0 Å². The summed E-state index contributed by atoms with van der Waals surface area (Å²) in [5, 5.41) is 17.5. The zero-order chi connectivity index (χ0) is 14.7. The van der Waals surface area contributed by atoms with E-state index >= 15 is 0 Å². The molecule has 1 atom stereocenters. The molecule has 0 aliphatic heterocycles. The van der Waals surface area contributed by atoms with Gasteiger partial charge in [0, 0.05) is 34.8 Å². The second-order valence-electron chi connectivity index (χ2n) is 4.46. The van der Waals surface area contributed by atoms with Crippen LogP contribution in [0.15, 0.2) is 23.6 Å². The summed E-state index contributed by atoms with van der Waals surface area (Å²) < 4.78 is 0. The lowest BCUT2D eigenvalue weighted by atomic mass is 10.2. The fraction of sp³-hybridized carbons (Fsp3) is 0.308. The summed E-state index contributed by atoms with van der Waals surface area (Å²) in [6, 6.07) is 4.52. The summed E-state index contributed by atoms with van der Waals surface area (Å²) in [5.74, 6) is 0. The Hall–Kier alpha value is -1.50. The van der Waals surface area contributed by atoms with Crippen molar-refractivity contribution >= 4 is 28.6 Å². The number of nitro groups is 1. The van der Waals surface area contributed by atoms with Crippen LogP contribution in [0.2, 0.25) is 5.02 Å². The molecule has 1 N–H and O–H groups in total. The summed E-state index contributed by atoms with van der Waals surface area (Å²) in [5.41, 5.74) is 1.75. The van der Waals surface area contributed by atoms with E-state index in [1.807, 2.05) is 19.2 Å². The predicted octanol–water partition coefficient (Wildman–Crippen LogP) is 3.86. The highest BCUT2D eigenvalue weighted by Crippen LogP contribution is 2.23. The normalized spacial score (nSPS) is 12.3. The molecule has 2 rings (SSSR count). The number of nitro benzene ring substituents is 1. The summed E-state index contributed by atoms with van der Waals surface area (Å²) in [6.45, 7) is 4.41. The average molecular weight is 312 g/mol. The first-order valence-corrected chi connectivity index (χ1v) is 7.31. The van der Waals surface area contributed by atoms with Crippen molar-refractivity contribution in [1.29, 1.82) is 0 Å². The van der Waals surface area contributed by atoms with Gasteiger partial charge in [0.05, 0.1) is 11.0 Å². The van der Waals surface area contributed by atoms with Gasteiger partial charge in [-0.05, 0) is 25.5 Å². The molecule has 0 amide bonds. The van der Waals surface area contributed by atoms with E-state index in [0.717, 1.165) is 10.7 Å². The molecule has 0 fully saturated rings. The first-order valence-electron chi connectivity index (χ1n) is 6.05. The van der Waals surface area contributed by atoms with Gasteiger partial charge in [-0.2, -0.15) is 0 Å². The molecule has 0 aliphatic carbocycles. The standard InChI is InChI=1S/C13H14ClN3O2S/c1-8-7-20-13(16-8)9(2)15-6-10-5-11(17(18)19)3-4-12(10)14/h3-5,7,9,15H,6H2,1-2H3. The first-order chi connectivity index (χ1) is 9.47. The Morgan fingerprint density at radius 2 is 2.30 bits per heavy atom. The van der Waals surface area contributed by atoms with Crippen LogP contribution in [0.1, 0.15) is 29.2 Å². The van der Waals surface area contributed by atoms with Gasteiger partial charge in [0.25, 0.3) is 5.69 Å². The summed E-state index contributed by atoms with van der Waals surface area (Å²) >= 11 is 7.65. The van der Waals surface area contributed by atoms with Gasteiger partial charge in [-0.25, -0.2) is 4.98 Å². The van der Waals surface area contributed by atoms with Gasteiger partial charge in [-0.1, -0.05) is 11.6 Å². The molecule has 1 aromatic carbocycles. The zero-order valence-electron chi connectivity index (χ0n) is 11.1. The molecular formula is C13H14ClN3O2S. The Bertz CT molecular complexity index is 630. The molecule has 0 aliphatic rings. The molecule has 1 heterocycles. The molecule has 20 heavy (non-hydrogen) atoms. The number of halogens is 1. The lowest BCUT2D eigenvalue weighted by Gasteiger charge is -2.12. The van der Waals surface area contributed by atoms with E-state index in [-0.39, 0.29) is 11.7 Å². The van der Waals surface area contributed by atoms with Crippen LogP contribution < -0.4 is 5.32 Å². The molecule has 0 saturated carbocycles. The minimum Gasteiger partial charge on any atom is -0.304 e. The van der Waals surface area contributed by atoms with E-state index < -0.39 is 4.92 Å². The molecule has 0 bridgehead atoms. The van der Waals surface area contributed by atoms with Crippen LogP contribution in [0.25, 0.3) is 0 Å². The minimum atomic E-state index is -0.423. The monoisotopic (exact) mass is 311 g/mol. The van der Waals surface area contributed by atoms with Crippen LogP contribution in [0.4, 0.5) is 5.69 Å². The third-order valence-corrected chi connectivity index (χ3v) is 4.36. The van der Waals surface area contributed by atoms with E-state index in [0.29, 0.717) is 17.1 Å². The Labute approximate surface area is 125 Å². The zero-order valence-corrected chi connectivity index (χ0v) is 12.7. The van der Waals surface area contributed by atoms with Gasteiger partial charge < -0.3 is 5.32 Å². The van der Waals surface area contributed by atoms with E-state index in [2.05, 4.69) is 10.3 Å². The number of rotatable bonds is 5. The number of aromatic nitrogens is 1. The molecule has 0 saturated heterocycles. The number of nitrogens with one attached hydrogen (secondary N) is 1. The Balaban J connectivity index is 2.06. The van der Waals surface area contributed by atoms with Crippen LogP contribution in [-0.2, 0) is 6.54 Å². The molecule has 106 valence electrons. The fourth-order valence-electron chi connectivity index (χ4n) is 1.73. The number of hydrogen-bond acceptors (Lipinski definition) is 5. The highest BCUT2D eigenvalue weighted by Gasteiger charge is 2.12. The highest BCUT2D eigenvalue weighted by molar-refractivity contribution is 7.09. The highest BCUT2D eigenvalue weighted by atomic mass is 35.5. The molecule has 1 unspecified atom stereocenters. The molecule has 0 radical (unpaired) electrons. The lowest BCUT2D eigenvalue weighted by Crippen LogP contribution is -2.18. The molecular weight excluding hydrogens is 298 g/mol. The maximum atomic E-state index is 10.8. The maximum absolute atomic E-state index is 10.8. The summed E-state index contributed by atoms with van der Waals surface area (Å²) in [4.78, 5) is 14.7. The van der Waals surface area contributed by atoms with Crippen LogP contribution >= 0.6 is 22.9 Å². The van der Waals surface area contributed by atoms with Crippen LogP contribution in [0.3, 0.4) is 0 Å². The Morgan fingerprint density at radius 3 is 2.90 bits per heavy atom. The maximum Gasteiger partial charge on any atom is 0.269 e. The summed E-state index contributed by atoms with van der Waals surface area (Å²) in [6.07, 6.45) is 0. The van der Waals surface area contributed by atoms with Gasteiger partial charge in [0.2, 0.25) is 0 Å². The van der Waals surface area contributed by atoms with E-state index in [4.69, 9.17) is 11.6 Å². The number of nitrogens with zero attached hydrogens (tertiary/aromatic N) is 2. The SMILES string of the molecule is Cc1csc(C(C)NCc2cc([N+](=O)[O-])ccc2Cl)n1. The molecule has 1 aromatic heterocycles. The quantitative estimate of drug-likeness (QED) is 0.672. The van der Waals surface area contributed by atoms with Crippen LogP contribution in [-0.4, -0.2) is 9.91 Å². The Kier molecular flexibility index (Phi) is 4.69. The van der Waals surface area contributed by atoms with Gasteiger partial charge in [-0.15, -0.1) is 11.3 Å². The van der Waals surface area contributed by atoms with Crippen LogP contribution in [0.5, 0.6) is 0 Å². The van der Waals surface area contributed by atoms with Crippen molar-refractivity contribution in [2.75, 3.05) is 0 Å². The molecule has 7 heteroatoms. The fourth-order valence-corrected chi connectivity index (χ4v) is 2.74. The molecule has 0 spiro atoms. The third-order valence-electron chi connectivity index (χ3n) is 2.85. The second kappa shape index (κ2) is 6.30. The van der Waals surface area contributed by atoms with Gasteiger partial charge in [-0.3, -0.25) is 10.1 Å². The van der Waals surface area contributed by atoms with Crippen molar-refractivity contribution < 1.29 is 4.92 Å². The third kappa shape index (κ3) is 3.53. The van der Waals surface area contributed by atoms with Crippen molar-refractivity contribution in [3.63, 3.8) is 0 Å². The number of aryl methyl sites for hydroxylation is 1. The van der Waals surface area contributed by atoms with Crippen LogP contribution in [0, 0.1) is 17.0 Å². The van der Waals surface area contributed by atoms with Crippen molar-refractivity contribution in [1.82, 2.24) is 10.3 Å². The van der Waals surface area contributed by atoms with Crippen molar-refractivity contribution in [3.05, 3.63) is 55.0 Å². The van der Waals surface area contributed by atoms with E-state index in [1.165, 1.54) is 12.1 Å². The van der Waals surface area contributed by atoms with Crippen molar-refractivity contribution in [2.45, 2.75) is 26.4 Å². The lowest BCUT2D eigenvalue weighted by molar-refractivity contribution is -0.384. The van der Waals surface area contributed by atoms with Gasteiger partial charge in [0.1, 0.15) is 5.01 Å². The molecule has 2 aromatic rings. The van der Waals surface area contributed by atoms with Crippen molar-refractivity contribution in [2.24, 2.45) is 0 Å². The number of hydrogen-bond donors (Lipinski definition) is 1. The molecule has 5 nitrogen and oxygen atoms in total. The smallest absolute Gasteiger partial charge is 0.269 e. The predicted molar refractivity (Wildman–Crippen MR) is 80.2 cm³/mol. The topological polar surface area (TPSA) is 68.1 Å². The average Bonchev–Trinajstić information content (AvgIpc) is 2.84. The van der Waals surface area contributed by atoms with Gasteiger partial charge in [0.15, 0.2) is 0 Å². The summed E-state index contributed by atoms with van der Waals surface area (Å²) in [7, 11) is 0. The number of benzene rings is 1. The second-order valence-corrected chi connectivity index (χ2v) is 5.76.